The predicted molar refractivity (Wildman–Crippen MR) is 69.4 cm³/mol. The van der Waals surface area contributed by atoms with Crippen LogP contribution in [0.15, 0.2) is 30.3 Å². The summed E-state index contributed by atoms with van der Waals surface area (Å²) in [4.78, 5) is 2.21. The predicted octanol–water partition coefficient (Wildman–Crippen LogP) is 3.00. The monoisotopic (exact) mass is 285 g/mol. The molecule has 19 heavy (non-hydrogen) atoms. The molecule has 0 saturated carbocycles. The zero-order chi connectivity index (χ0) is 13.3. The highest BCUT2D eigenvalue weighted by atomic mass is 31.2. The van der Waals surface area contributed by atoms with Crippen LogP contribution in [-0.4, -0.2) is 30.7 Å². The Bertz CT molecular complexity index is 484. The molecule has 6 heteroatoms. The van der Waals surface area contributed by atoms with Crippen LogP contribution >= 0.6 is 7.91 Å². The number of benzene rings is 1. The number of hydrogen-bond acceptors (Lipinski definition) is 4. The standard InChI is InChI=1S/C13H17FNO3P/c14-19(16)17-10-12-6-7-15(9-13(12)18-19)8-11-4-2-1-3-5-11/h1-5,12-13H,6-10H2/t12?,13?,19-/m0/s1. The Kier molecular flexibility index (Phi) is 3.72. The zero-order valence-electron chi connectivity index (χ0n) is 10.6. The van der Waals surface area contributed by atoms with E-state index in [-0.39, 0.29) is 18.6 Å². The molecule has 3 atom stereocenters. The van der Waals surface area contributed by atoms with Gasteiger partial charge in [-0.25, -0.2) is 4.57 Å². The van der Waals surface area contributed by atoms with E-state index < -0.39 is 7.91 Å². The van der Waals surface area contributed by atoms with Crippen LogP contribution in [0.25, 0.3) is 0 Å². The first kappa shape index (κ1) is 13.3. The lowest BCUT2D eigenvalue weighted by molar-refractivity contribution is -0.0378. The van der Waals surface area contributed by atoms with E-state index in [4.69, 9.17) is 4.52 Å². The molecule has 1 aromatic carbocycles. The first-order chi connectivity index (χ1) is 9.12. The van der Waals surface area contributed by atoms with Gasteiger partial charge in [-0.3, -0.25) is 13.9 Å². The summed E-state index contributed by atoms with van der Waals surface area (Å²) in [5, 5.41) is 0. The van der Waals surface area contributed by atoms with Gasteiger partial charge in [0.2, 0.25) is 0 Å². The summed E-state index contributed by atoms with van der Waals surface area (Å²) in [6, 6.07) is 10.1. The highest BCUT2D eigenvalue weighted by Crippen LogP contribution is 2.55. The third-order valence-corrected chi connectivity index (χ3v) is 4.71. The van der Waals surface area contributed by atoms with Gasteiger partial charge in [0.1, 0.15) is 0 Å². The van der Waals surface area contributed by atoms with Crippen molar-refractivity contribution in [2.45, 2.75) is 19.1 Å². The molecular formula is C13H17FNO3P. The summed E-state index contributed by atoms with van der Waals surface area (Å²) in [6.07, 6.45) is 0.569. The van der Waals surface area contributed by atoms with E-state index in [0.29, 0.717) is 6.54 Å². The zero-order valence-corrected chi connectivity index (χ0v) is 11.5. The van der Waals surface area contributed by atoms with Crippen molar-refractivity contribution in [2.24, 2.45) is 5.92 Å². The molecule has 0 N–H and O–H groups in total. The minimum absolute atomic E-state index is 0.157. The molecule has 0 aliphatic carbocycles. The molecule has 1 aromatic rings. The Morgan fingerprint density at radius 1 is 1.37 bits per heavy atom. The number of fused-ring (bicyclic) bond motifs is 1. The minimum Gasteiger partial charge on any atom is -0.296 e. The second-order valence-electron chi connectivity index (χ2n) is 5.14. The van der Waals surface area contributed by atoms with Crippen molar-refractivity contribution in [3.63, 3.8) is 0 Å². The largest absolute Gasteiger partial charge is 0.513 e. The van der Waals surface area contributed by atoms with Gasteiger partial charge in [0.15, 0.2) is 0 Å². The average molecular weight is 285 g/mol. The number of halogens is 1. The number of hydrogen-bond donors (Lipinski definition) is 0. The Hall–Kier alpha value is -0.740. The van der Waals surface area contributed by atoms with Crippen LogP contribution < -0.4 is 0 Å². The van der Waals surface area contributed by atoms with Gasteiger partial charge in [0, 0.05) is 19.0 Å². The summed E-state index contributed by atoms with van der Waals surface area (Å²) in [6.45, 7) is 2.55. The maximum absolute atomic E-state index is 13.3. The molecular weight excluding hydrogens is 268 g/mol. The summed E-state index contributed by atoms with van der Waals surface area (Å²) in [7, 11) is -4.31. The number of piperidine rings is 1. The van der Waals surface area contributed by atoms with Gasteiger partial charge in [-0.1, -0.05) is 30.3 Å². The van der Waals surface area contributed by atoms with Gasteiger partial charge in [-0.2, -0.15) is 0 Å². The molecule has 0 bridgehead atoms. The van der Waals surface area contributed by atoms with Crippen molar-refractivity contribution in [3.05, 3.63) is 35.9 Å². The molecule has 2 saturated heterocycles. The molecule has 0 radical (unpaired) electrons. The Labute approximate surface area is 112 Å². The van der Waals surface area contributed by atoms with Crippen LogP contribution in [0.1, 0.15) is 12.0 Å². The fraction of sp³-hybridized carbons (Fsp3) is 0.538. The first-order valence-electron chi connectivity index (χ1n) is 6.51. The Balaban J connectivity index is 1.63. The van der Waals surface area contributed by atoms with Gasteiger partial charge in [0.25, 0.3) is 0 Å². The van der Waals surface area contributed by atoms with Crippen LogP contribution in [-0.2, 0) is 20.2 Å². The molecule has 2 aliphatic heterocycles. The van der Waals surface area contributed by atoms with E-state index in [1.54, 1.807) is 0 Å². The topological polar surface area (TPSA) is 38.8 Å². The normalized spacial score (nSPS) is 35.8. The second-order valence-corrected chi connectivity index (χ2v) is 6.47. The van der Waals surface area contributed by atoms with Crippen LogP contribution in [0.5, 0.6) is 0 Å². The van der Waals surface area contributed by atoms with Gasteiger partial charge in [0.05, 0.1) is 12.7 Å². The van der Waals surface area contributed by atoms with Crippen LogP contribution in [0, 0.1) is 5.92 Å². The van der Waals surface area contributed by atoms with E-state index in [9.17, 15) is 8.76 Å². The molecule has 2 heterocycles. The molecule has 4 nitrogen and oxygen atoms in total. The lowest BCUT2D eigenvalue weighted by atomic mass is 9.94. The molecule has 0 aromatic heterocycles. The van der Waals surface area contributed by atoms with Crippen molar-refractivity contribution >= 4 is 7.91 Å². The summed E-state index contributed by atoms with van der Waals surface area (Å²) in [5.41, 5.74) is 1.22. The molecule has 2 fully saturated rings. The summed E-state index contributed by atoms with van der Waals surface area (Å²) in [5.74, 6) is 0.157. The summed E-state index contributed by atoms with van der Waals surface area (Å²) >= 11 is 0. The quantitative estimate of drug-likeness (QED) is 0.783. The minimum atomic E-state index is -4.31. The second kappa shape index (κ2) is 5.33. The van der Waals surface area contributed by atoms with E-state index in [1.165, 1.54) is 5.56 Å². The third-order valence-electron chi connectivity index (χ3n) is 3.73. The molecule has 0 spiro atoms. The van der Waals surface area contributed by atoms with Gasteiger partial charge < -0.3 is 0 Å². The van der Waals surface area contributed by atoms with Crippen LogP contribution in [0.4, 0.5) is 4.20 Å². The van der Waals surface area contributed by atoms with Gasteiger partial charge in [-0.15, -0.1) is 4.20 Å². The van der Waals surface area contributed by atoms with Crippen molar-refractivity contribution in [3.8, 4) is 0 Å². The fourth-order valence-corrected chi connectivity index (χ4v) is 3.69. The first-order valence-corrected chi connectivity index (χ1v) is 7.95. The summed E-state index contributed by atoms with van der Waals surface area (Å²) < 4.78 is 34.1. The van der Waals surface area contributed by atoms with E-state index >= 15 is 0 Å². The van der Waals surface area contributed by atoms with E-state index in [0.717, 1.165) is 19.5 Å². The van der Waals surface area contributed by atoms with Crippen molar-refractivity contribution in [1.29, 1.82) is 0 Å². The Morgan fingerprint density at radius 3 is 2.95 bits per heavy atom. The van der Waals surface area contributed by atoms with Crippen molar-refractivity contribution in [1.82, 2.24) is 4.90 Å². The molecule has 0 amide bonds. The lowest BCUT2D eigenvalue weighted by Gasteiger charge is -2.40. The smallest absolute Gasteiger partial charge is 0.296 e. The Morgan fingerprint density at radius 2 is 2.16 bits per heavy atom. The number of rotatable bonds is 2. The van der Waals surface area contributed by atoms with Gasteiger partial charge in [-0.05, 0) is 18.5 Å². The third kappa shape index (κ3) is 3.23. The number of likely N-dealkylation sites (tertiary alicyclic amines) is 1. The maximum atomic E-state index is 13.3. The highest BCUT2D eigenvalue weighted by molar-refractivity contribution is 7.48. The van der Waals surface area contributed by atoms with Crippen molar-refractivity contribution in [2.75, 3.05) is 19.7 Å². The van der Waals surface area contributed by atoms with Crippen molar-refractivity contribution < 1.29 is 17.8 Å². The fourth-order valence-electron chi connectivity index (χ4n) is 2.70. The average Bonchev–Trinajstić information content (AvgIpc) is 2.38. The molecule has 3 rings (SSSR count). The molecule has 104 valence electrons. The molecule has 2 unspecified atom stereocenters. The highest BCUT2D eigenvalue weighted by Gasteiger charge is 2.42. The van der Waals surface area contributed by atoms with E-state index in [1.807, 2.05) is 18.2 Å². The maximum Gasteiger partial charge on any atom is 0.513 e. The number of nitrogens with zero attached hydrogens (tertiary/aromatic N) is 1. The van der Waals surface area contributed by atoms with Crippen LogP contribution in [0.3, 0.4) is 0 Å². The van der Waals surface area contributed by atoms with E-state index in [2.05, 4.69) is 21.6 Å². The molecule has 2 aliphatic rings. The van der Waals surface area contributed by atoms with Crippen LogP contribution in [0.2, 0.25) is 0 Å². The SMILES string of the molecule is O=[P@@]1(F)OCC2CCN(Cc3ccccc3)CC2O1. The van der Waals surface area contributed by atoms with Gasteiger partial charge >= 0.3 is 7.91 Å². The lowest BCUT2D eigenvalue weighted by Crippen LogP contribution is -2.47.